The van der Waals surface area contributed by atoms with Gasteiger partial charge in [0.15, 0.2) is 22.1 Å². The van der Waals surface area contributed by atoms with E-state index in [1.807, 2.05) is 41.1 Å². The Balaban J connectivity index is 0.000000376. The van der Waals surface area contributed by atoms with Crippen molar-refractivity contribution in [2.75, 3.05) is 24.3 Å². The second kappa shape index (κ2) is 12.3. The second-order valence-electron chi connectivity index (χ2n) is 8.52. The van der Waals surface area contributed by atoms with Gasteiger partial charge in [-0.05, 0) is 38.5 Å². The van der Waals surface area contributed by atoms with Crippen molar-refractivity contribution in [1.82, 2.24) is 25.0 Å². The van der Waals surface area contributed by atoms with Crippen LogP contribution in [0.5, 0.6) is 0 Å². The average molecular weight is 471 g/mol. The number of benzene rings is 1. The molecule has 1 aromatic carbocycles. The standard InChI is InChI=1S/C18H28N6O2S.C6H6/c1-2-3-10-27-18-20-16(19-12-4-5-12)15-17(21-18)24(23-22-15)13-6-7-14(11-13)26-9-8-25;1-2-4-6-5-3-1/h12-14,25H,2-11H2,1H3,(H,19,20,21);1-6H. The van der Waals surface area contributed by atoms with E-state index >= 15 is 0 Å². The number of nitrogens with zero attached hydrogens (tertiary/aromatic N) is 5. The van der Waals surface area contributed by atoms with E-state index in [-0.39, 0.29) is 18.8 Å². The van der Waals surface area contributed by atoms with Crippen LogP contribution in [0, 0.1) is 0 Å². The van der Waals surface area contributed by atoms with Gasteiger partial charge < -0.3 is 15.2 Å². The second-order valence-corrected chi connectivity index (χ2v) is 9.58. The highest BCUT2D eigenvalue weighted by atomic mass is 32.2. The molecule has 2 saturated carbocycles. The maximum Gasteiger partial charge on any atom is 0.191 e. The third kappa shape index (κ3) is 6.88. The van der Waals surface area contributed by atoms with Crippen LogP contribution in [0.15, 0.2) is 41.6 Å². The Bertz CT molecular complexity index is 955. The van der Waals surface area contributed by atoms with Gasteiger partial charge in [-0.2, -0.15) is 0 Å². The zero-order valence-corrected chi connectivity index (χ0v) is 20.1. The molecule has 0 bridgehead atoms. The van der Waals surface area contributed by atoms with E-state index in [2.05, 4.69) is 22.6 Å². The smallest absolute Gasteiger partial charge is 0.191 e. The number of aliphatic hydroxyl groups is 1. The predicted molar refractivity (Wildman–Crippen MR) is 132 cm³/mol. The maximum absolute atomic E-state index is 8.97. The highest BCUT2D eigenvalue weighted by Crippen LogP contribution is 2.35. The number of hydrogen-bond donors (Lipinski definition) is 2. The molecular weight excluding hydrogens is 436 g/mol. The van der Waals surface area contributed by atoms with Gasteiger partial charge >= 0.3 is 0 Å². The molecule has 3 aromatic rings. The Labute approximate surface area is 199 Å². The summed E-state index contributed by atoms with van der Waals surface area (Å²) in [6.45, 7) is 2.65. The normalized spacial score (nSPS) is 19.9. The number of nitrogens with one attached hydrogen (secondary N) is 1. The number of rotatable bonds is 10. The average Bonchev–Trinajstić information content (AvgIpc) is 3.37. The van der Waals surface area contributed by atoms with E-state index in [1.165, 1.54) is 19.3 Å². The van der Waals surface area contributed by atoms with Crippen LogP contribution in [0.4, 0.5) is 5.82 Å². The third-order valence-corrected chi connectivity index (χ3v) is 6.70. The molecule has 0 radical (unpaired) electrons. The van der Waals surface area contributed by atoms with Crippen molar-refractivity contribution in [3.8, 4) is 0 Å². The first-order valence-electron chi connectivity index (χ1n) is 12.0. The van der Waals surface area contributed by atoms with E-state index in [1.54, 1.807) is 11.8 Å². The Hall–Kier alpha value is -2.23. The molecule has 2 aromatic heterocycles. The quantitative estimate of drug-likeness (QED) is 0.254. The third-order valence-electron chi connectivity index (χ3n) is 5.76. The Kier molecular flexibility index (Phi) is 8.91. The Morgan fingerprint density at radius 1 is 1.09 bits per heavy atom. The fraction of sp³-hybridized carbons (Fsp3) is 0.583. The lowest BCUT2D eigenvalue weighted by Gasteiger charge is -2.13. The van der Waals surface area contributed by atoms with E-state index < -0.39 is 0 Å². The Morgan fingerprint density at radius 3 is 2.52 bits per heavy atom. The van der Waals surface area contributed by atoms with Gasteiger partial charge in [0.1, 0.15) is 0 Å². The molecular formula is C24H34N6O2S. The van der Waals surface area contributed by atoms with E-state index in [0.29, 0.717) is 12.6 Å². The van der Waals surface area contributed by atoms with Gasteiger partial charge in [0.25, 0.3) is 0 Å². The summed E-state index contributed by atoms with van der Waals surface area (Å²) in [7, 11) is 0. The molecule has 0 amide bonds. The topological polar surface area (TPSA) is 98.0 Å². The first-order chi connectivity index (χ1) is 16.3. The maximum atomic E-state index is 8.97. The van der Waals surface area contributed by atoms with E-state index in [4.69, 9.17) is 19.8 Å². The lowest BCUT2D eigenvalue weighted by Crippen LogP contribution is -2.14. The first kappa shape index (κ1) is 23.9. The van der Waals surface area contributed by atoms with Gasteiger partial charge in [-0.15, -0.1) is 5.10 Å². The van der Waals surface area contributed by atoms with Gasteiger partial charge in [-0.3, -0.25) is 0 Å². The van der Waals surface area contributed by atoms with Crippen molar-refractivity contribution in [2.45, 2.75) is 75.2 Å². The number of anilines is 1. The number of hydrogen-bond acceptors (Lipinski definition) is 8. The molecule has 0 saturated heterocycles. The van der Waals surface area contributed by atoms with E-state index in [0.717, 1.165) is 53.6 Å². The minimum absolute atomic E-state index is 0.0647. The van der Waals surface area contributed by atoms with Gasteiger partial charge in [0.2, 0.25) is 0 Å². The molecule has 2 unspecified atom stereocenters. The van der Waals surface area contributed by atoms with Gasteiger partial charge in [-0.25, -0.2) is 14.6 Å². The van der Waals surface area contributed by atoms with Crippen molar-refractivity contribution >= 4 is 28.7 Å². The van der Waals surface area contributed by atoms with Crippen LogP contribution >= 0.6 is 11.8 Å². The fourth-order valence-corrected chi connectivity index (χ4v) is 4.77. The first-order valence-corrected chi connectivity index (χ1v) is 13.0. The number of thioether (sulfide) groups is 1. The number of fused-ring (bicyclic) bond motifs is 1. The molecule has 0 spiro atoms. The van der Waals surface area contributed by atoms with Crippen molar-refractivity contribution in [3.05, 3.63) is 36.4 Å². The number of aliphatic hydroxyl groups excluding tert-OH is 1. The molecule has 2 aliphatic carbocycles. The van der Waals surface area contributed by atoms with Crippen LogP contribution in [-0.4, -0.2) is 61.2 Å². The summed E-state index contributed by atoms with van der Waals surface area (Å²) in [5.74, 6) is 1.84. The summed E-state index contributed by atoms with van der Waals surface area (Å²) in [6.07, 6.45) is 7.71. The lowest BCUT2D eigenvalue weighted by atomic mass is 10.2. The van der Waals surface area contributed by atoms with Crippen LogP contribution in [-0.2, 0) is 4.74 Å². The van der Waals surface area contributed by atoms with Crippen molar-refractivity contribution in [2.24, 2.45) is 0 Å². The lowest BCUT2D eigenvalue weighted by molar-refractivity contribution is 0.0309. The Morgan fingerprint density at radius 2 is 1.85 bits per heavy atom. The highest BCUT2D eigenvalue weighted by Gasteiger charge is 2.30. The fourth-order valence-electron chi connectivity index (χ4n) is 3.85. The molecule has 2 N–H and O–H groups in total. The molecule has 2 heterocycles. The summed E-state index contributed by atoms with van der Waals surface area (Å²) >= 11 is 1.70. The molecule has 2 aliphatic rings. The molecule has 2 fully saturated rings. The summed E-state index contributed by atoms with van der Waals surface area (Å²) in [5, 5.41) is 22.1. The van der Waals surface area contributed by atoms with Crippen molar-refractivity contribution in [1.29, 1.82) is 0 Å². The van der Waals surface area contributed by atoms with Crippen LogP contribution in [0.2, 0.25) is 0 Å². The summed E-state index contributed by atoms with van der Waals surface area (Å²) in [5.41, 5.74) is 1.58. The summed E-state index contributed by atoms with van der Waals surface area (Å²) in [4.78, 5) is 9.52. The zero-order valence-electron chi connectivity index (χ0n) is 19.3. The number of unbranched alkanes of at least 4 members (excludes halogenated alkanes) is 1. The van der Waals surface area contributed by atoms with Gasteiger partial charge in [-0.1, -0.05) is 66.7 Å². The molecule has 5 rings (SSSR count). The highest BCUT2D eigenvalue weighted by molar-refractivity contribution is 7.99. The summed E-state index contributed by atoms with van der Waals surface area (Å²) < 4.78 is 7.67. The van der Waals surface area contributed by atoms with Crippen LogP contribution in [0.25, 0.3) is 11.2 Å². The molecule has 178 valence electrons. The largest absolute Gasteiger partial charge is 0.394 e. The molecule has 33 heavy (non-hydrogen) atoms. The van der Waals surface area contributed by atoms with Crippen molar-refractivity contribution < 1.29 is 9.84 Å². The predicted octanol–water partition coefficient (Wildman–Crippen LogP) is 4.48. The number of aromatic nitrogens is 5. The zero-order chi connectivity index (χ0) is 22.9. The monoisotopic (exact) mass is 470 g/mol. The van der Waals surface area contributed by atoms with Gasteiger partial charge in [0, 0.05) is 11.8 Å². The van der Waals surface area contributed by atoms with Crippen molar-refractivity contribution in [3.63, 3.8) is 0 Å². The summed E-state index contributed by atoms with van der Waals surface area (Å²) in [6, 6.07) is 12.7. The minimum atomic E-state index is 0.0647. The van der Waals surface area contributed by atoms with E-state index in [9.17, 15) is 0 Å². The number of ether oxygens (including phenoxy) is 1. The van der Waals surface area contributed by atoms with Crippen LogP contribution in [0.3, 0.4) is 0 Å². The molecule has 0 aliphatic heterocycles. The van der Waals surface area contributed by atoms with Crippen LogP contribution in [0.1, 0.15) is 57.9 Å². The SMILES string of the molecule is CCCCSc1nc(NC2CC2)c2nnn(C3CCC(OCCO)C3)c2n1.c1ccccc1. The molecule has 2 atom stereocenters. The molecule has 9 heteroatoms. The van der Waals surface area contributed by atoms with Crippen LogP contribution < -0.4 is 5.32 Å². The minimum Gasteiger partial charge on any atom is -0.394 e. The van der Waals surface area contributed by atoms with Gasteiger partial charge in [0.05, 0.1) is 25.4 Å². The molecule has 8 nitrogen and oxygen atoms in total.